The van der Waals surface area contributed by atoms with E-state index in [4.69, 9.17) is 0 Å². The van der Waals surface area contributed by atoms with Crippen LogP contribution in [0.1, 0.15) is 25.7 Å². The Hall–Kier alpha value is -0.780. The van der Waals surface area contributed by atoms with Gasteiger partial charge in [-0.2, -0.15) is 0 Å². The molecule has 0 aliphatic carbocycles. The van der Waals surface area contributed by atoms with Gasteiger partial charge in [0.1, 0.15) is 12.3 Å². The van der Waals surface area contributed by atoms with Crippen molar-refractivity contribution in [3.8, 4) is 0 Å². The highest BCUT2D eigenvalue weighted by atomic mass is 19.1. The van der Waals surface area contributed by atoms with Gasteiger partial charge in [-0.1, -0.05) is 12.2 Å². The normalized spacial score (nSPS) is 18.1. The zero-order valence-corrected chi connectivity index (χ0v) is 10.4. The molecular weight excluding hydrogens is 242 g/mol. The van der Waals surface area contributed by atoms with Crippen LogP contribution < -0.4 is 0 Å². The topological polar surface area (TPSA) is 60.7 Å². The van der Waals surface area contributed by atoms with Gasteiger partial charge in [-0.25, -0.2) is 8.78 Å². The fraction of sp³-hybridized carbons (Fsp3) is 0.692. The first-order chi connectivity index (χ1) is 8.42. The second kappa shape index (κ2) is 9.19. The van der Waals surface area contributed by atoms with Crippen molar-refractivity contribution in [2.45, 2.75) is 56.3 Å². The fourth-order valence-electron chi connectivity index (χ4n) is 1.58. The highest BCUT2D eigenvalue weighted by molar-refractivity contribution is 4.82. The third-order valence-corrected chi connectivity index (χ3v) is 2.65. The summed E-state index contributed by atoms with van der Waals surface area (Å²) in [6.07, 6.45) is -4.72. The number of allylic oxidation sites excluding steroid dienone is 2. The molecule has 4 atom stereocenters. The number of aliphatic hydroxyl groups is 3. The number of hydrogen-bond donors (Lipinski definition) is 3. The molecule has 0 aromatic rings. The molecule has 0 fully saturated rings. The Morgan fingerprint density at radius 3 is 1.44 bits per heavy atom. The minimum atomic E-state index is -1.51. The summed E-state index contributed by atoms with van der Waals surface area (Å²) in [5.74, 6) is 0. The van der Waals surface area contributed by atoms with Crippen molar-refractivity contribution in [1.29, 1.82) is 0 Å². The maximum Gasteiger partial charge on any atom is 0.129 e. The fourth-order valence-corrected chi connectivity index (χ4v) is 1.58. The molecule has 0 radical (unpaired) electrons. The standard InChI is InChI=1S/C13H22F2O3/c1-3-5-10(14)12(17)7-9(16)8-13(18)11(15)6-4-2/h3-4,9-13,16-18H,1-2,5-8H2/t10-,11-,12+,13+/m0/s1. The minimum absolute atomic E-state index is 0.0152. The Morgan fingerprint density at radius 1 is 0.833 bits per heavy atom. The molecule has 5 heteroatoms. The lowest BCUT2D eigenvalue weighted by Crippen LogP contribution is -2.31. The van der Waals surface area contributed by atoms with E-state index in [1.807, 2.05) is 0 Å². The molecule has 0 aromatic heterocycles. The van der Waals surface area contributed by atoms with E-state index in [1.165, 1.54) is 12.2 Å². The molecule has 0 rings (SSSR count). The Labute approximate surface area is 106 Å². The first-order valence-corrected chi connectivity index (χ1v) is 5.96. The van der Waals surface area contributed by atoms with Gasteiger partial charge in [-0.15, -0.1) is 13.2 Å². The van der Waals surface area contributed by atoms with E-state index in [-0.39, 0.29) is 25.7 Å². The minimum Gasteiger partial charge on any atom is -0.393 e. The molecular formula is C13H22F2O3. The van der Waals surface area contributed by atoms with Crippen LogP contribution in [0, 0.1) is 0 Å². The predicted molar refractivity (Wildman–Crippen MR) is 66.7 cm³/mol. The molecule has 3 N–H and O–H groups in total. The lowest BCUT2D eigenvalue weighted by atomic mass is 9.99. The summed E-state index contributed by atoms with van der Waals surface area (Å²) in [5.41, 5.74) is 0. The van der Waals surface area contributed by atoms with E-state index >= 15 is 0 Å². The Balaban J connectivity index is 4.05. The molecule has 0 amide bonds. The number of halogens is 2. The van der Waals surface area contributed by atoms with Crippen molar-refractivity contribution in [3.63, 3.8) is 0 Å². The van der Waals surface area contributed by atoms with Crippen molar-refractivity contribution >= 4 is 0 Å². The molecule has 0 aliphatic heterocycles. The molecule has 0 aromatic carbocycles. The summed E-state index contributed by atoms with van der Waals surface area (Å²) in [5, 5.41) is 28.3. The van der Waals surface area contributed by atoms with Crippen LogP contribution >= 0.6 is 0 Å². The highest BCUT2D eigenvalue weighted by Gasteiger charge is 2.25. The van der Waals surface area contributed by atoms with Gasteiger partial charge in [-0.3, -0.25) is 0 Å². The molecule has 106 valence electrons. The summed E-state index contributed by atoms with van der Waals surface area (Å²) in [6, 6.07) is 0. The van der Waals surface area contributed by atoms with Crippen LogP contribution in [0.4, 0.5) is 8.78 Å². The molecule has 3 nitrogen and oxygen atoms in total. The van der Waals surface area contributed by atoms with Gasteiger partial charge in [0, 0.05) is 12.8 Å². The smallest absolute Gasteiger partial charge is 0.129 e. The third-order valence-electron chi connectivity index (χ3n) is 2.65. The zero-order valence-electron chi connectivity index (χ0n) is 10.4. The van der Waals surface area contributed by atoms with E-state index in [9.17, 15) is 24.1 Å². The molecule has 0 heterocycles. The summed E-state index contributed by atoms with van der Waals surface area (Å²) >= 11 is 0. The molecule has 0 saturated carbocycles. The van der Waals surface area contributed by atoms with Gasteiger partial charge in [0.05, 0.1) is 18.3 Å². The van der Waals surface area contributed by atoms with Crippen LogP contribution in [0.25, 0.3) is 0 Å². The van der Waals surface area contributed by atoms with E-state index in [1.54, 1.807) is 0 Å². The summed E-state index contributed by atoms with van der Waals surface area (Å²) in [4.78, 5) is 0. The van der Waals surface area contributed by atoms with Crippen LogP contribution in [0.3, 0.4) is 0 Å². The van der Waals surface area contributed by atoms with Crippen molar-refractivity contribution in [1.82, 2.24) is 0 Å². The number of rotatable bonds is 10. The Kier molecular flexibility index (Phi) is 8.79. The average Bonchev–Trinajstić information content (AvgIpc) is 2.29. The third kappa shape index (κ3) is 6.83. The number of hydrogen-bond acceptors (Lipinski definition) is 3. The van der Waals surface area contributed by atoms with E-state index < -0.39 is 30.7 Å². The largest absolute Gasteiger partial charge is 0.393 e. The number of alkyl halides is 2. The van der Waals surface area contributed by atoms with Crippen LogP contribution in [0.15, 0.2) is 25.3 Å². The van der Waals surface area contributed by atoms with Crippen molar-refractivity contribution < 1.29 is 24.1 Å². The Morgan fingerprint density at radius 2 is 1.17 bits per heavy atom. The lowest BCUT2D eigenvalue weighted by Gasteiger charge is -2.21. The van der Waals surface area contributed by atoms with Gasteiger partial charge in [0.25, 0.3) is 0 Å². The molecule has 0 bridgehead atoms. The van der Waals surface area contributed by atoms with E-state index in [2.05, 4.69) is 13.2 Å². The first-order valence-electron chi connectivity index (χ1n) is 5.96. The average molecular weight is 264 g/mol. The maximum atomic E-state index is 13.2. The molecule has 0 spiro atoms. The summed E-state index contributed by atoms with van der Waals surface area (Å²) in [7, 11) is 0. The van der Waals surface area contributed by atoms with Gasteiger partial charge in [0.15, 0.2) is 0 Å². The molecule has 18 heavy (non-hydrogen) atoms. The SMILES string of the molecule is C=CC[C@H](F)[C@H](O)CC(O)C[C@@H](O)[C@@H](F)CC=C. The lowest BCUT2D eigenvalue weighted by molar-refractivity contribution is -0.00840. The summed E-state index contributed by atoms with van der Waals surface area (Å²) < 4.78 is 26.4. The first kappa shape index (κ1) is 17.2. The van der Waals surface area contributed by atoms with Crippen LogP contribution in [0.2, 0.25) is 0 Å². The predicted octanol–water partition coefficient (Wildman–Crippen LogP) is 1.68. The van der Waals surface area contributed by atoms with Gasteiger partial charge >= 0.3 is 0 Å². The molecule has 0 saturated heterocycles. The quantitative estimate of drug-likeness (QED) is 0.526. The molecule has 0 unspecified atom stereocenters. The van der Waals surface area contributed by atoms with Crippen LogP contribution in [-0.2, 0) is 0 Å². The van der Waals surface area contributed by atoms with Crippen molar-refractivity contribution in [2.75, 3.05) is 0 Å². The van der Waals surface area contributed by atoms with E-state index in [0.29, 0.717) is 0 Å². The Bertz CT molecular complexity index is 224. The molecule has 0 aliphatic rings. The maximum absolute atomic E-state index is 13.2. The van der Waals surface area contributed by atoms with Gasteiger partial charge in [0.2, 0.25) is 0 Å². The van der Waals surface area contributed by atoms with Gasteiger partial charge in [-0.05, 0) is 12.8 Å². The number of aliphatic hydroxyl groups excluding tert-OH is 3. The van der Waals surface area contributed by atoms with Crippen molar-refractivity contribution in [3.05, 3.63) is 25.3 Å². The van der Waals surface area contributed by atoms with Crippen LogP contribution in [-0.4, -0.2) is 46.0 Å². The monoisotopic (exact) mass is 264 g/mol. The van der Waals surface area contributed by atoms with E-state index in [0.717, 1.165) is 0 Å². The zero-order chi connectivity index (χ0) is 14.1. The second-order valence-corrected chi connectivity index (χ2v) is 4.34. The second-order valence-electron chi connectivity index (χ2n) is 4.34. The van der Waals surface area contributed by atoms with Gasteiger partial charge < -0.3 is 15.3 Å². The van der Waals surface area contributed by atoms with Crippen molar-refractivity contribution in [2.24, 2.45) is 0 Å². The van der Waals surface area contributed by atoms with Crippen LogP contribution in [0.5, 0.6) is 0 Å². The highest BCUT2D eigenvalue weighted by Crippen LogP contribution is 2.16. The summed E-state index contributed by atoms with van der Waals surface area (Å²) in [6.45, 7) is 6.68.